The molecule has 3 aliphatic heterocycles. The molecular weight excluding hydrogens is 669 g/mol. The third kappa shape index (κ3) is 7.42. The van der Waals surface area contributed by atoms with Gasteiger partial charge in [0.25, 0.3) is 5.91 Å². The van der Waals surface area contributed by atoms with Gasteiger partial charge in [-0.15, -0.1) is 0 Å². The molecule has 264 valence electrons. The van der Waals surface area contributed by atoms with Crippen LogP contribution < -0.4 is 15.4 Å². The van der Waals surface area contributed by atoms with Crippen molar-refractivity contribution >= 4 is 29.0 Å². The Hall–Kier alpha value is -3.90. The summed E-state index contributed by atoms with van der Waals surface area (Å²) in [6.07, 6.45) is 3.20. The second-order valence-electron chi connectivity index (χ2n) is 13.7. The molecule has 12 heteroatoms. The maximum Gasteiger partial charge on any atom is 0.252 e. The molecule has 50 heavy (non-hydrogen) atoms. The molecule has 0 spiro atoms. The van der Waals surface area contributed by atoms with Crippen molar-refractivity contribution in [2.45, 2.75) is 75.3 Å². The molecule has 2 saturated heterocycles. The van der Waals surface area contributed by atoms with Crippen LogP contribution in [0.25, 0.3) is 5.57 Å². The quantitative estimate of drug-likeness (QED) is 0.192. The number of nitrogens with zero attached hydrogens (tertiary/aromatic N) is 2. The van der Waals surface area contributed by atoms with Crippen LogP contribution in [-0.2, 0) is 22.6 Å². The van der Waals surface area contributed by atoms with Crippen LogP contribution in [0.15, 0.2) is 66.2 Å². The standard InChI is InChI=1S/C38H40ClF3N4O4/c39-29-6-2-1-5-24(29)19-46(26-11-12-26)38(49)34-28(16-25-20-45(21-33(34)44-25)37(48)32-17-27(47)18-43-32)23-9-7-22(8-10-23)4-3-15-50-36-31(41)14-13-30(40)35(36)42/h1-2,5-10,13-14,25-27,32-33,43-44,47H,3-4,11-12,15-21H2/t25-,27+,32?,33-/m0/s1. The molecule has 3 N–H and O–H groups in total. The minimum absolute atomic E-state index is 0.00483. The average molecular weight is 709 g/mol. The highest BCUT2D eigenvalue weighted by atomic mass is 35.5. The monoisotopic (exact) mass is 708 g/mol. The first-order valence-electron chi connectivity index (χ1n) is 17.3. The van der Waals surface area contributed by atoms with Crippen molar-refractivity contribution in [1.29, 1.82) is 0 Å². The van der Waals surface area contributed by atoms with E-state index in [0.29, 0.717) is 62.5 Å². The second-order valence-corrected chi connectivity index (χ2v) is 14.1. The number of ether oxygens (including phenoxy) is 1. The number of amides is 2. The summed E-state index contributed by atoms with van der Waals surface area (Å²) in [6, 6.07) is 16.3. The zero-order valence-electron chi connectivity index (χ0n) is 27.5. The van der Waals surface area contributed by atoms with Crippen LogP contribution in [0.3, 0.4) is 0 Å². The molecule has 1 saturated carbocycles. The van der Waals surface area contributed by atoms with Gasteiger partial charge in [0.2, 0.25) is 11.7 Å². The van der Waals surface area contributed by atoms with Crippen LogP contribution >= 0.6 is 11.6 Å². The number of nitrogens with one attached hydrogen (secondary N) is 2. The number of aliphatic hydroxyl groups excluding tert-OH is 1. The Labute approximate surface area is 294 Å². The van der Waals surface area contributed by atoms with Crippen molar-refractivity contribution in [1.82, 2.24) is 20.4 Å². The number of carbonyl (C=O) groups is 2. The van der Waals surface area contributed by atoms with E-state index in [2.05, 4.69) is 10.6 Å². The largest absolute Gasteiger partial charge is 0.488 e. The topological polar surface area (TPSA) is 94.1 Å². The van der Waals surface area contributed by atoms with Crippen molar-refractivity contribution in [3.63, 3.8) is 0 Å². The van der Waals surface area contributed by atoms with Crippen LogP contribution in [0.5, 0.6) is 5.75 Å². The number of hydrogen-bond donors (Lipinski definition) is 3. The van der Waals surface area contributed by atoms with Crippen molar-refractivity contribution < 1.29 is 32.6 Å². The molecule has 3 heterocycles. The Morgan fingerprint density at radius 1 is 1.00 bits per heavy atom. The fraction of sp³-hybridized carbons (Fsp3) is 0.421. The first kappa shape index (κ1) is 34.5. The van der Waals surface area contributed by atoms with E-state index in [0.717, 1.165) is 47.2 Å². The van der Waals surface area contributed by atoms with E-state index in [4.69, 9.17) is 16.3 Å². The van der Waals surface area contributed by atoms with Crippen molar-refractivity contribution in [3.05, 3.63) is 105 Å². The molecule has 1 unspecified atom stereocenters. The van der Waals surface area contributed by atoms with Crippen molar-refractivity contribution in [2.24, 2.45) is 0 Å². The van der Waals surface area contributed by atoms with Gasteiger partial charge in [-0.2, -0.15) is 4.39 Å². The molecule has 4 atom stereocenters. The van der Waals surface area contributed by atoms with E-state index in [-0.39, 0.29) is 36.5 Å². The number of benzene rings is 3. The maximum absolute atomic E-state index is 14.7. The lowest BCUT2D eigenvalue weighted by Crippen LogP contribution is -2.63. The van der Waals surface area contributed by atoms with Gasteiger partial charge in [0.05, 0.1) is 24.8 Å². The third-order valence-corrected chi connectivity index (χ3v) is 10.4. The molecule has 3 fully saturated rings. The predicted octanol–water partition coefficient (Wildman–Crippen LogP) is 5.01. The Morgan fingerprint density at radius 2 is 1.76 bits per heavy atom. The molecule has 2 amide bonds. The summed E-state index contributed by atoms with van der Waals surface area (Å²) in [5.74, 6) is -4.30. The average Bonchev–Trinajstić information content (AvgIpc) is 3.87. The van der Waals surface area contributed by atoms with Crippen LogP contribution in [0.2, 0.25) is 5.02 Å². The SMILES string of the molecule is O=C(C1C[C@@H](O)CN1)N1C[C@@H]2CC(c3ccc(CCCOc4c(F)ccc(F)c4F)cc3)=C(C(=O)N(Cc3ccccc3Cl)C3CC3)[C@H](C1)N2. The molecule has 0 radical (unpaired) electrons. The summed E-state index contributed by atoms with van der Waals surface area (Å²) in [5, 5.41) is 17.4. The highest BCUT2D eigenvalue weighted by Crippen LogP contribution is 2.38. The van der Waals surface area contributed by atoms with E-state index < -0.39 is 35.3 Å². The van der Waals surface area contributed by atoms with Crippen molar-refractivity contribution in [3.8, 4) is 5.75 Å². The lowest BCUT2D eigenvalue weighted by Gasteiger charge is -2.45. The Bertz CT molecular complexity index is 1790. The number of aryl methyl sites for hydroxylation is 1. The fourth-order valence-electron chi connectivity index (χ4n) is 7.35. The highest BCUT2D eigenvalue weighted by molar-refractivity contribution is 6.31. The van der Waals surface area contributed by atoms with Gasteiger partial charge in [-0.25, -0.2) is 8.78 Å². The normalized spacial score (nSPS) is 23.3. The number of rotatable bonds is 11. The minimum atomic E-state index is -1.34. The summed E-state index contributed by atoms with van der Waals surface area (Å²) in [5.41, 5.74) is 4.37. The van der Waals surface area contributed by atoms with E-state index >= 15 is 0 Å². The van der Waals surface area contributed by atoms with Gasteiger partial charge in [0.15, 0.2) is 17.4 Å². The van der Waals surface area contributed by atoms with E-state index in [9.17, 15) is 27.9 Å². The molecular formula is C38H40ClF3N4O4. The third-order valence-electron chi connectivity index (χ3n) is 10.1. The lowest BCUT2D eigenvalue weighted by molar-refractivity contribution is -0.136. The minimum Gasteiger partial charge on any atom is -0.488 e. The number of aliphatic hydroxyl groups is 1. The fourth-order valence-corrected chi connectivity index (χ4v) is 7.55. The van der Waals surface area contributed by atoms with Gasteiger partial charge in [-0.1, -0.05) is 54.1 Å². The van der Waals surface area contributed by atoms with E-state index in [1.165, 1.54) is 0 Å². The molecule has 3 aromatic carbocycles. The van der Waals surface area contributed by atoms with E-state index in [1.807, 2.05) is 58.3 Å². The maximum atomic E-state index is 14.7. The van der Waals surface area contributed by atoms with Gasteiger partial charge in [0.1, 0.15) is 0 Å². The summed E-state index contributed by atoms with van der Waals surface area (Å²) in [6.45, 7) is 1.60. The lowest BCUT2D eigenvalue weighted by atomic mass is 9.82. The van der Waals surface area contributed by atoms with Gasteiger partial charge in [-0.3, -0.25) is 9.59 Å². The van der Waals surface area contributed by atoms with Crippen molar-refractivity contribution in [2.75, 3.05) is 26.2 Å². The summed E-state index contributed by atoms with van der Waals surface area (Å²) < 4.78 is 46.7. The van der Waals surface area contributed by atoms with Crippen LogP contribution in [-0.4, -0.2) is 83.2 Å². The molecule has 7 rings (SSSR count). The summed E-state index contributed by atoms with van der Waals surface area (Å²) in [4.78, 5) is 32.0. The van der Waals surface area contributed by atoms with Gasteiger partial charge in [-0.05, 0) is 79.0 Å². The Balaban J connectivity index is 1.13. The summed E-state index contributed by atoms with van der Waals surface area (Å²) in [7, 11) is 0. The number of fused-ring (bicyclic) bond motifs is 2. The van der Waals surface area contributed by atoms with Gasteiger partial charge in [0, 0.05) is 48.9 Å². The second kappa shape index (κ2) is 14.8. The first-order valence-corrected chi connectivity index (χ1v) is 17.6. The zero-order valence-corrected chi connectivity index (χ0v) is 28.3. The summed E-state index contributed by atoms with van der Waals surface area (Å²) >= 11 is 6.54. The number of carbonyl (C=O) groups excluding carboxylic acids is 2. The molecule has 4 aliphatic rings. The molecule has 2 bridgehead atoms. The molecule has 8 nitrogen and oxygen atoms in total. The number of halogens is 4. The Kier molecular flexibility index (Phi) is 10.2. The molecule has 1 aliphatic carbocycles. The highest BCUT2D eigenvalue weighted by Gasteiger charge is 2.44. The number of hydrogen-bond acceptors (Lipinski definition) is 6. The molecule has 3 aromatic rings. The molecule has 0 aromatic heterocycles. The number of piperazine rings is 1. The number of β-amino-alcohol motifs (C(OH)–C–C–N with tert-alkyl or cyclic N) is 1. The predicted molar refractivity (Wildman–Crippen MR) is 183 cm³/mol. The van der Waals surface area contributed by atoms with E-state index in [1.54, 1.807) is 0 Å². The van der Waals surface area contributed by atoms with Gasteiger partial charge >= 0.3 is 0 Å². The van der Waals surface area contributed by atoms with Crippen LogP contribution in [0, 0.1) is 17.5 Å². The Morgan fingerprint density at radius 3 is 2.48 bits per heavy atom. The zero-order chi connectivity index (χ0) is 34.9. The van der Waals surface area contributed by atoms with Crippen LogP contribution in [0.1, 0.15) is 48.8 Å². The van der Waals surface area contributed by atoms with Gasteiger partial charge < -0.3 is 30.3 Å². The van der Waals surface area contributed by atoms with Crippen LogP contribution in [0.4, 0.5) is 13.2 Å². The smallest absolute Gasteiger partial charge is 0.252 e. The first-order chi connectivity index (χ1) is 24.2.